The van der Waals surface area contributed by atoms with Crippen molar-refractivity contribution in [3.63, 3.8) is 0 Å². The monoisotopic (exact) mass is 401 g/mol. The summed E-state index contributed by atoms with van der Waals surface area (Å²) >= 11 is 1.14. The topological polar surface area (TPSA) is 107 Å². The molecule has 0 saturated heterocycles. The lowest BCUT2D eigenvalue weighted by molar-refractivity contribution is -0.118. The molecule has 0 aromatic carbocycles. The number of aromatic nitrogens is 2. The minimum atomic E-state index is -0.524. The lowest BCUT2D eigenvalue weighted by Crippen LogP contribution is -2.24. The van der Waals surface area contributed by atoms with Gasteiger partial charge in [-0.3, -0.25) is 4.79 Å². The Balaban J connectivity index is 1.78. The highest BCUT2D eigenvalue weighted by atomic mass is 32.2. The average molecular weight is 401 g/mol. The number of rotatable bonds is 8. The predicted molar refractivity (Wildman–Crippen MR) is 102 cm³/mol. The van der Waals surface area contributed by atoms with Crippen molar-refractivity contribution in [2.45, 2.75) is 25.4 Å². The number of nitrogens with zero attached hydrogens (tertiary/aromatic N) is 2. The predicted octanol–water partition coefficient (Wildman–Crippen LogP) is 3.22. The van der Waals surface area contributed by atoms with Gasteiger partial charge >= 0.3 is 5.97 Å². The summed E-state index contributed by atoms with van der Waals surface area (Å²) in [6.07, 6.45) is 3.06. The van der Waals surface area contributed by atoms with Gasteiger partial charge in [-0.25, -0.2) is 14.8 Å². The summed E-state index contributed by atoms with van der Waals surface area (Å²) in [4.78, 5) is 33.3. The van der Waals surface area contributed by atoms with Crippen molar-refractivity contribution in [1.29, 1.82) is 0 Å². The van der Waals surface area contributed by atoms with Gasteiger partial charge in [0.2, 0.25) is 5.91 Å². The molecule has 3 aromatic heterocycles. The molecular weight excluding hydrogens is 382 g/mol. The number of nitrogens with one attached hydrogen (secondary N) is 1. The molecule has 0 atom stereocenters. The smallest absolute Gasteiger partial charge is 0.342 e. The van der Waals surface area contributed by atoms with E-state index in [1.165, 1.54) is 6.26 Å². The zero-order chi connectivity index (χ0) is 19.9. The average Bonchev–Trinajstić information content (AvgIpc) is 3.38. The maximum absolute atomic E-state index is 12.4. The van der Waals surface area contributed by atoms with Crippen LogP contribution in [0.4, 0.5) is 0 Å². The molecule has 0 spiro atoms. The van der Waals surface area contributed by atoms with Gasteiger partial charge < -0.3 is 18.9 Å². The van der Waals surface area contributed by atoms with Crippen LogP contribution in [0.15, 0.2) is 50.7 Å². The fraction of sp³-hybridized carbons (Fsp3) is 0.263. The summed E-state index contributed by atoms with van der Waals surface area (Å²) in [6.45, 7) is 3.94. The van der Waals surface area contributed by atoms with E-state index in [-0.39, 0.29) is 30.4 Å². The number of furan rings is 2. The Morgan fingerprint density at radius 2 is 1.96 bits per heavy atom. The van der Waals surface area contributed by atoms with Gasteiger partial charge in [0, 0.05) is 0 Å². The Labute approximate surface area is 165 Å². The highest BCUT2D eigenvalue weighted by Gasteiger charge is 2.22. The first-order valence-corrected chi connectivity index (χ1v) is 9.58. The first-order valence-electron chi connectivity index (χ1n) is 8.60. The third-order valence-electron chi connectivity index (χ3n) is 3.66. The molecule has 0 unspecified atom stereocenters. The van der Waals surface area contributed by atoms with Crippen LogP contribution in [0.25, 0.3) is 11.6 Å². The fourth-order valence-corrected chi connectivity index (χ4v) is 3.29. The third kappa shape index (κ3) is 4.80. The third-order valence-corrected chi connectivity index (χ3v) is 4.63. The molecule has 146 valence electrons. The first kappa shape index (κ1) is 19.7. The SMILES string of the molecule is CCOC(=O)c1c(C)nc(-c2ccco2)nc1SCC(=O)NCc1ccco1. The Morgan fingerprint density at radius 1 is 1.18 bits per heavy atom. The lowest BCUT2D eigenvalue weighted by Gasteiger charge is -2.11. The number of thioether (sulfide) groups is 1. The summed E-state index contributed by atoms with van der Waals surface area (Å²) in [5.41, 5.74) is 0.708. The van der Waals surface area contributed by atoms with Crippen LogP contribution in [0.2, 0.25) is 0 Å². The Hall–Kier alpha value is -3.07. The lowest BCUT2D eigenvalue weighted by atomic mass is 10.2. The van der Waals surface area contributed by atoms with Crippen molar-refractivity contribution >= 4 is 23.6 Å². The molecule has 1 N–H and O–H groups in total. The van der Waals surface area contributed by atoms with Crippen molar-refractivity contribution < 1.29 is 23.2 Å². The summed E-state index contributed by atoms with van der Waals surface area (Å²) < 4.78 is 15.6. The fourth-order valence-electron chi connectivity index (χ4n) is 2.39. The molecule has 0 aliphatic rings. The van der Waals surface area contributed by atoms with Crippen molar-refractivity contribution in [2.75, 3.05) is 12.4 Å². The molecule has 8 nitrogen and oxygen atoms in total. The van der Waals surface area contributed by atoms with Crippen LogP contribution in [0.5, 0.6) is 0 Å². The molecule has 0 fully saturated rings. The van der Waals surface area contributed by atoms with E-state index in [0.717, 1.165) is 11.8 Å². The normalized spacial score (nSPS) is 10.6. The molecule has 0 saturated carbocycles. The van der Waals surface area contributed by atoms with Gasteiger partial charge in [0.05, 0.1) is 37.1 Å². The van der Waals surface area contributed by atoms with E-state index in [1.807, 2.05) is 0 Å². The van der Waals surface area contributed by atoms with Crippen molar-refractivity contribution in [2.24, 2.45) is 0 Å². The first-order chi connectivity index (χ1) is 13.6. The molecule has 0 aliphatic heterocycles. The molecular formula is C19H19N3O5S. The Bertz CT molecular complexity index is 939. The maximum Gasteiger partial charge on any atom is 0.342 e. The summed E-state index contributed by atoms with van der Waals surface area (Å²) in [7, 11) is 0. The molecule has 28 heavy (non-hydrogen) atoms. The maximum atomic E-state index is 12.4. The van der Waals surface area contributed by atoms with Gasteiger partial charge in [0.1, 0.15) is 16.3 Å². The number of hydrogen-bond donors (Lipinski definition) is 1. The van der Waals surface area contributed by atoms with E-state index in [4.69, 9.17) is 13.6 Å². The summed E-state index contributed by atoms with van der Waals surface area (Å²) in [6, 6.07) is 6.98. The van der Waals surface area contributed by atoms with Gasteiger partial charge in [-0.2, -0.15) is 0 Å². The van der Waals surface area contributed by atoms with Crippen LogP contribution in [0.1, 0.15) is 28.7 Å². The zero-order valence-corrected chi connectivity index (χ0v) is 16.2. The number of carbonyl (C=O) groups is 2. The second-order valence-corrected chi connectivity index (χ2v) is 6.62. The number of hydrogen-bond acceptors (Lipinski definition) is 8. The van der Waals surface area contributed by atoms with Crippen molar-refractivity contribution in [1.82, 2.24) is 15.3 Å². The van der Waals surface area contributed by atoms with Crippen LogP contribution in [0.3, 0.4) is 0 Å². The molecule has 3 rings (SSSR count). The van der Waals surface area contributed by atoms with Crippen LogP contribution in [-0.2, 0) is 16.1 Å². The molecule has 1 amide bonds. The van der Waals surface area contributed by atoms with Gasteiger partial charge in [-0.1, -0.05) is 11.8 Å². The minimum absolute atomic E-state index is 0.0706. The Morgan fingerprint density at radius 3 is 2.64 bits per heavy atom. The largest absolute Gasteiger partial charge is 0.467 e. The van der Waals surface area contributed by atoms with E-state index >= 15 is 0 Å². The Kier molecular flexibility index (Phi) is 6.49. The summed E-state index contributed by atoms with van der Waals surface area (Å²) in [5, 5.41) is 3.12. The van der Waals surface area contributed by atoms with Gasteiger partial charge in [-0.05, 0) is 38.1 Å². The number of carbonyl (C=O) groups excluding carboxylic acids is 2. The second kappa shape index (κ2) is 9.23. The highest BCUT2D eigenvalue weighted by molar-refractivity contribution is 8.00. The number of ether oxygens (including phenoxy) is 1. The molecule has 9 heteroatoms. The van der Waals surface area contributed by atoms with Crippen LogP contribution >= 0.6 is 11.8 Å². The molecule has 3 aromatic rings. The van der Waals surface area contributed by atoms with Gasteiger partial charge in [0.15, 0.2) is 11.6 Å². The van der Waals surface area contributed by atoms with Crippen LogP contribution < -0.4 is 5.32 Å². The highest BCUT2D eigenvalue weighted by Crippen LogP contribution is 2.27. The van der Waals surface area contributed by atoms with E-state index < -0.39 is 5.97 Å². The van der Waals surface area contributed by atoms with E-state index in [2.05, 4.69) is 15.3 Å². The van der Waals surface area contributed by atoms with E-state index in [1.54, 1.807) is 44.4 Å². The standard InChI is InChI=1S/C19H19N3O5S/c1-3-25-19(24)16-12(2)21-17(14-7-5-9-27-14)22-18(16)28-11-15(23)20-10-13-6-4-8-26-13/h4-9H,3,10-11H2,1-2H3,(H,20,23). The van der Waals surface area contributed by atoms with Gasteiger partial charge in [0.25, 0.3) is 0 Å². The molecule has 0 aliphatic carbocycles. The molecule has 3 heterocycles. The minimum Gasteiger partial charge on any atom is -0.467 e. The van der Waals surface area contributed by atoms with E-state index in [9.17, 15) is 9.59 Å². The number of aryl methyl sites for hydroxylation is 1. The van der Waals surface area contributed by atoms with Crippen LogP contribution in [0, 0.1) is 6.92 Å². The number of esters is 1. The second-order valence-electron chi connectivity index (χ2n) is 5.66. The van der Waals surface area contributed by atoms with Gasteiger partial charge in [-0.15, -0.1) is 0 Å². The molecule has 0 radical (unpaired) electrons. The number of amides is 1. The van der Waals surface area contributed by atoms with Crippen LogP contribution in [-0.4, -0.2) is 34.2 Å². The molecule has 0 bridgehead atoms. The van der Waals surface area contributed by atoms with Crippen molar-refractivity contribution in [3.05, 3.63) is 53.8 Å². The quantitative estimate of drug-likeness (QED) is 0.348. The zero-order valence-electron chi connectivity index (χ0n) is 15.4. The van der Waals surface area contributed by atoms with E-state index in [0.29, 0.717) is 28.1 Å². The summed E-state index contributed by atoms with van der Waals surface area (Å²) in [5.74, 6) is 0.804. The van der Waals surface area contributed by atoms with Crippen molar-refractivity contribution in [3.8, 4) is 11.6 Å².